The van der Waals surface area contributed by atoms with Crippen LogP contribution in [0.3, 0.4) is 0 Å². The Morgan fingerprint density at radius 1 is 0.750 bits per heavy atom. The normalized spacial score (nSPS) is 15.4. The highest BCUT2D eigenvalue weighted by atomic mass is 32.3. The van der Waals surface area contributed by atoms with Crippen molar-refractivity contribution in [2.75, 3.05) is 0 Å². The topological polar surface area (TPSA) is 71.5 Å². The van der Waals surface area contributed by atoms with E-state index in [-0.39, 0.29) is 7.98 Å². The molecule has 0 heterocycles. The van der Waals surface area contributed by atoms with Gasteiger partial charge >= 0.3 is 31.1 Å². The van der Waals surface area contributed by atoms with E-state index in [1.54, 1.807) is 0 Å². The molecule has 0 bridgehead atoms. The lowest BCUT2D eigenvalue weighted by Gasteiger charge is -2.20. The minimum Gasteiger partial charge on any atom is -0.203 e. The summed E-state index contributed by atoms with van der Waals surface area (Å²) in [4.78, 5) is 0. The molecule has 14 heteroatoms. The van der Waals surface area contributed by atoms with Gasteiger partial charge in [0.05, 0.1) is 0 Å². The molecule has 0 radical (unpaired) electrons. The van der Waals surface area contributed by atoms with Crippen molar-refractivity contribution in [1.82, 2.24) is 3.62 Å². The van der Waals surface area contributed by atoms with Crippen LogP contribution in [0, 0.1) is 0 Å². The van der Waals surface area contributed by atoms with Gasteiger partial charge in [-0.1, -0.05) is 0 Å². The van der Waals surface area contributed by atoms with E-state index in [0.29, 0.717) is 0 Å². The van der Waals surface area contributed by atoms with Gasteiger partial charge in [0, 0.05) is 0 Å². The number of alkyl halides is 6. The quantitative estimate of drug-likeness (QED) is 0.510. The zero-order chi connectivity index (χ0) is 13.6. The van der Waals surface area contributed by atoms with Crippen molar-refractivity contribution in [1.29, 1.82) is 0 Å². The Hall–Kier alpha value is -0.495. The van der Waals surface area contributed by atoms with Crippen LogP contribution in [0.15, 0.2) is 0 Å². The van der Waals surface area contributed by atoms with E-state index in [1.807, 2.05) is 0 Å². The summed E-state index contributed by atoms with van der Waals surface area (Å²) in [5.41, 5.74) is -12.3. The Labute approximate surface area is 86.6 Å². The van der Waals surface area contributed by atoms with E-state index in [9.17, 15) is 43.2 Å². The zero-order valence-electron chi connectivity index (χ0n) is 7.16. The number of halogens is 6. The van der Waals surface area contributed by atoms with Gasteiger partial charge < -0.3 is 0 Å². The van der Waals surface area contributed by atoms with E-state index in [2.05, 4.69) is 0 Å². The van der Waals surface area contributed by atoms with Gasteiger partial charge in [-0.15, -0.1) is 3.62 Å². The van der Waals surface area contributed by atoms with E-state index in [1.165, 1.54) is 0 Å². The van der Waals surface area contributed by atoms with E-state index in [0.717, 1.165) is 0 Å². The predicted octanol–water partition coefficient (Wildman–Crippen LogP) is -0.464. The Bertz CT molecular complexity index is 416. The fourth-order valence-corrected chi connectivity index (χ4v) is 2.54. The van der Waals surface area contributed by atoms with Crippen LogP contribution in [0.25, 0.3) is 0 Å². The van der Waals surface area contributed by atoms with E-state index < -0.39 is 34.7 Å². The fourth-order valence-electron chi connectivity index (χ4n) is 0.421. The summed E-state index contributed by atoms with van der Waals surface area (Å²) in [5, 5.41) is 0. The molecule has 0 aromatic heterocycles. The van der Waals surface area contributed by atoms with Gasteiger partial charge in [0.15, 0.2) is 0 Å². The van der Waals surface area contributed by atoms with Crippen LogP contribution in [-0.2, 0) is 20.0 Å². The number of hydrogen-bond donors (Lipinski definition) is 0. The fraction of sp³-hybridized carbons (Fsp3) is 1.00. The van der Waals surface area contributed by atoms with Gasteiger partial charge in [-0.25, -0.2) is 16.8 Å². The van der Waals surface area contributed by atoms with Crippen LogP contribution in [0.1, 0.15) is 0 Å². The van der Waals surface area contributed by atoms with E-state index >= 15 is 0 Å². The minimum absolute atomic E-state index is 0.356. The maximum absolute atomic E-state index is 11.7. The summed E-state index contributed by atoms with van der Waals surface area (Å²) in [6.07, 6.45) is 0. The van der Waals surface area contributed by atoms with Crippen LogP contribution < -0.4 is 0 Å². The number of rotatable bonds is 2. The molecule has 16 heavy (non-hydrogen) atoms. The molecule has 0 aliphatic carbocycles. The first-order valence-electron chi connectivity index (χ1n) is 3.02. The van der Waals surface area contributed by atoms with Crippen molar-refractivity contribution in [3.8, 4) is 0 Å². The highest BCUT2D eigenvalue weighted by Gasteiger charge is 2.59. The molecule has 0 aliphatic heterocycles. The smallest absolute Gasteiger partial charge is 0.203 e. The van der Waals surface area contributed by atoms with Gasteiger partial charge in [0.2, 0.25) is 7.98 Å². The summed E-state index contributed by atoms with van der Waals surface area (Å²) >= 11 is 0. The van der Waals surface area contributed by atoms with Gasteiger partial charge in [-0.05, 0) is 0 Å². The molecular weight excluding hydrogens is 291 g/mol. The van der Waals surface area contributed by atoms with Crippen LogP contribution in [0.5, 0.6) is 0 Å². The molecule has 0 amide bonds. The molecule has 0 aromatic carbocycles. The highest BCUT2D eigenvalue weighted by Crippen LogP contribution is 2.33. The molecule has 0 unspecified atom stereocenters. The summed E-state index contributed by atoms with van der Waals surface area (Å²) < 4.78 is 110. The monoisotopic (exact) mass is 293 g/mol. The third-order valence-electron chi connectivity index (χ3n) is 1.26. The van der Waals surface area contributed by atoms with Crippen molar-refractivity contribution in [3.63, 3.8) is 0 Å². The SMILES string of the molecule is BN(S(=O)(=O)C(F)(F)F)S(=O)(=O)C(F)(F)F. The maximum Gasteiger partial charge on any atom is 0.511 e. The maximum atomic E-state index is 11.7. The average Bonchev–Trinajstić information content (AvgIpc) is 1.98. The largest absolute Gasteiger partial charge is 0.511 e. The molecule has 0 fully saturated rings. The van der Waals surface area contributed by atoms with Crippen molar-refractivity contribution in [2.24, 2.45) is 0 Å². The van der Waals surface area contributed by atoms with Crippen molar-refractivity contribution in [2.45, 2.75) is 11.0 Å². The third-order valence-corrected chi connectivity index (χ3v) is 4.96. The second kappa shape index (κ2) is 3.77. The second-order valence-corrected chi connectivity index (χ2v) is 6.43. The average molecular weight is 293 g/mol. The molecule has 0 N–H and O–H groups in total. The van der Waals surface area contributed by atoms with Crippen molar-refractivity contribution >= 4 is 28.0 Å². The molecule has 0 atom stereocenters. The summed E-state index contributed by atoms with van der Waals surface area (Å²) in [6, 6.07) is 0. The van der Waals surface area contributed by atoms with Crippen LogP contribution >= 0.6 is 0 Å². The third kappa shape index (κ3) is 2.43. The molecular formula is C2H2BF6NO4S2. The van der Waals surface area contributed by atoms with Gasteiger partial charge in [0.1, 0.15) is 0 Å². The van der Waals surface area contributed by atoms with Crippen molar-refractivity contribution < 1.29 is 43.2 Å². The number of nitrogens with zero attached hydrogens (tertiary/aromatic N) is 1. The van der Waals surface area contributed by atoms with Crippen LogP contribution in [0.2, 0.25) is 0 Å². The first-order chi connectivity index (χ1) is 6.65. The zero-order valence-corrected chi connectivity index (χ0v) is 8.80. The lowest BCUT2D eigenvalue weighted by atomic mass is 10.5. The molecule has 5 nitrogen and oxygen atoms in total. The molecule has 0 saturated carbocycles. The second-order valence-electron chi connectivity index (χ2n) is 2.28. The minimum atomic E-state index is -6.59. The highest BCUT2D eigenvalue weighted by molar-refractivity contribution is 8.06. The molecule has 0 aromatic rings. The van der Waals surface area contributed by atoms with Gasteiger partial charge in [-0.3, -0.25) is 0 Å². The molecule has 0 saturated heterocycles. The molecule has 0 rings (SSSR count). The molecule has 0 spiro atoms. The van der Waals surface area contributed by atoms with Crippen LogP contribution in [0.4, 0.5) is 26.3 Å². The van der Waals surface area contributed by atoms with Crippen LogP contribution in [-0.4, -0.2) is 39.5 Å². The Morgan fingerprint density at radius 2 is 0.938 bits per heavy atom. The Balaban J connectivity index is 5.70. The Kier molecular flexibility index (Phi) is 3.65. The molecule has 96 valence electrons. The lowest BCUT2D eigenvalue weighted by molar-refractivity contribution is -0.0506. The summed E-state index contributed by atoms with van der Waals surface area (Å²) in [5.74, 6) is 0. The standard InChI is InChI=1S/C2H2BF6NO4S2/c3-10(15(11,12)1(4,5)6)16(13,14)2(7,8)9/h3H2. The summed E-state index contributed by atoms with van der Waals surface area (Å²) in [6.45, 7) is 0. The first-order valence-corrected chi connectivity index (χ1v) is 5.90. The lowest BCUT2D eigenvalue weighted by Crippen LogP contribution is -2.47. The van der Waals surface area contributed by atoms with Gasteiger partial charge in [-0.2, -0.15) is 26.3 Å². The van der Waals surface area contributed by atoms with E-state index in [4.69, 9.17) is 0 Å². The predicted molar refractivity (Wildman–Crippen MR) is 40.3 cm³/mol. The number of sulfonamides is 2. The summed E-state index contributed by atoms with van der Waals surface area (Å²) in [7, 11) is -13.5. The van der Waals surface area contributed by atoms with Gasteiger partial charge in [0.25, 0.3) is 0 Å². The van der Waals surface area contributed by atoms with Crippen molar-refractivity contribution in [3.05, 3.63) is 0 Å². The number of hydrogen-bond acceptors (Lipinski definition) is 4. The first kappa shape index (κ1) is 15.5. The Morgan fingerprint density at radius 3 is 1.06 bits per heavy atom. The molecule has 0 aliphatic rings.